The molecule has 1 saturated heterocycles. The average molecular weight is 274 g/mol. The fourth-order valence-electron chi connectivity index (χ4n) is 1.87. The molecule has 0 amide bonds. The Morgan fingerprint density at radius 1 is 1.56 bits per heavy atom. The van der Waals surface area contributed by atoms with Gasteiger partial charge in [-0.2, -0.15) is 5.10 Å². The van der Waals surface area contributed by atoms with Crippen LogP contribution in [0, 0.1) is 6.92 Å². The summed E-state index contributed by atoms with van der Waals surface area (Å²) in [5, 5.41) is 6.53. The highest BCUT2D eigenvalue weighted by atomic mass is 32.2. The molecule has 0 bridgehead atoms. The van der Waals surface area contributed by atoms with Crippen LogP contribution >= 0.6 is 0 Å². The van der Waals surface area contributed by atoms with Crippen LogP contribution in [0.25, 0.3) is 0 Å². The number of ether oxygens (including phenoxy) is 1. The predicted molar refractivity (Wildman–Crippen MR) is 65.3 cm³/mol. The van der Waals surface area contributed by atoms with Crippen molar-refractivity contribution in [3.63, 3.8) is 0 Å². The molecule has 0 aromatic carbocycles. The van der Waals surface area contributed by atoms with Gasteiger partial charge in [-0.1, -0.05) is 0 Å². The van der Waals surface area contributed by atoms with Crippen LogP contribution in [-0.2, 0) is 21.3 Å². The maximum Gasteiger partial charge on any atom is 0.212 e. The van der Waals surface area contributed by atoms with E-state index in [1.807, 2.05) is 0 Å². The lowest BCUT2D eigenvalue weighted by atomic mass is 10.2. The molecule has 18 heavy (non-hydrogen) atoms. The lowest BCUT2D eigenvalue weighted by Crippen LogP contribution is -2.28. The summed E-state index contributed by atoms with van der Waals surface area (Å²) < 4.78 is 31.3. The second kappa shape index (κ2) is 5.77. The van der Waals surface area contributed by atoms with E-state index in [-0.39, 0.29) is 18.4 Å². The van der Waals surface area contributed by atoms with Gasteiger partial charge in [0.2, 0.25) is 10.0 Å². The van der Waals surface area contributed by atoms with Crippen molar-refractivity contribution < 1.29 is 13.2 Å². The third-order valence-electron chi connectivity index (χ3n) is 2.83. The lowest BCUT2D eigenvalue weighted by molar-refractivity contribution is 0.109. The Morgan fingerprint density at radius 2 is 2.39 bits per heavy atom. The van der Waals surface area contributed by atoms with Crippen molar-refractivity contribution in [2.45, 2.75) is 38.8 Å². The van der Waals surface area contributed by atoms with E-state index in [4.69, 9.17) is 4.74 Å². The standard InChI is InChI=1S/C10H18N4O3S/c1-8-12-10(14-13-8)7-11-18(15,16)6-4-9-3-2-5-17-9/h9,11H,2-7H2,1H3,(H,12,13,14). The Balaban J connectivity index is 1.76. The van der Waals surface area contributed by atoms with E-state index in [9.17, 15) is 8.42 Å². The highest BCUT2D eigenvalue weighted by Crippen LogP contribution is 2.15. The minimum absolute atomic E-state index is 0.0844. The molecule has 102 valence electrons. The summed E-state index contributed by atoms with van der Waals surface area (Å²) in [6.07, 6.45) is 2.61. The summed E-state index contributed by atoms with van der Waals surface area (Å²) in [6, 6.07) is 0. The first-order chi connectivity index (χ1) is 8.55. The van der Waals surface area contributed by atoms with E-state index < -0.39 is 10.0 Å². The van der Waals surface area contributed by atoms with E-state index in [1.54, 1.807) is 6.92 Å². The van der Waals surface area contributed by atoms with Crippen LogP contribution in [0.3, 0.4) is 0 Å². The van der Waals surface area contributed by atoms with Gasteiger partial charge in [0.1, 0.15) is 5.82 Å². The second-order valence-electron chi connectivity index (χ2n) is 4.40. The van der Waals surface area contributed by atoms with Gasteiger partial charge in [0, 0.05) is 6.61 Å². The van der Waals surface area contributed by atoms with E-state index >= 15 is 0 Å². The van der Waals surface area contributed by atoms with Gasteiger partial charge in [0.05, 0.1) is 18.4 Å². The molecule has 1 atom stereocenters. The Morgan fingerprint density at radius 3 is 3.00 bits per heavy atom. The number of H-pyrrole nitrogens is 1. The van der Waals surface area contributed by atoms with Crippen molar-refractivity contribution >= 4 is 10.0 Å². The zero-order valence-electron chi connectivity index (χ0n) is 10.3. The number of nitrogens with zero attached hydrogens (tertiary/aromatic N) is 2. The van der Waals surface area contributed by atoms with Crippen molar-refractivity contribution in [2.24, 2.45) is 0 Å². The Bertz CT molecular complexity index is 479. The molecule has 1 aromatic rings. The molecule has 2 rings (SSSR count). The summed E-state index contributed by atoms with van der Waals surface area (Å²) >= 11 is 0. The maximum absolute atomic E-state index is 11.7. The minimum atomic E-state index is -3.28. The number of sulfonamides is 1. The summed E-state index contributed by atoms with van der Waals surface area (Å²) in [7, 11) is -3.28. The van der Waals surface area contributed by atoms with Gasteiger partial charge < -0.3 is 4.74 Å². The molecular formula is C10H18N4O3S. The van der Waals surface area contributed by atoms with Gasteiger partial charge in [0.25, 0.3) is 0 Å². The van der Waals surface area contributed by atoms with Gasteiger partial charge >= 0.3 is 0 Å². The Kier molecular flexibility index (Phi) is 4.31. The molecule has 2 N–H and O–H groups in total. The molecule has 8 heteroatoms. The summed E-state index contributed by atoms with van der Waals surface area (Å²) in [5.41, 5.74) is 0. The van der Waals surface area contributed by atoms with Crippen LogP contribution in [0.15, 0.2) is 0 Å². The number of rotatable bonds is 6. The first-order valence-electron chi connectivity index (χ1n) is 6.02. The largest absolute Gasteiger partial charge is 0.378 e. The number of aromatic amines is 1. The zero-order valence-corrected chi connectivity index (χ0v) is 11.2. The van der Waals surface area contributed by atoms with Gasteiger partial charge in [-0.3, -0.25) is 5.10 Å². The molecule has 1 fully saturated rings. The predicted octanol–water partition coefficient (Wildman–Crippen LogP) is 0.102. The molecule has 0 aliphatic carbocycles. The fraction of sp³-hybridized carbons (Fsp3) is 0.800. The van der Waals surface area contributed by atoms with Crippen LogP contribution < -0.4 is 4.72 Å². The zero-order chi connectivity index (χ0) is 13.0. The van der Waals surface area contributed by atoms with Crippen LogP contribution in [0.1, 0.15) is 30.9 Å². The van der Waals surface area contributed by atoms with Crippen molar-refractivity contribution in [3.8, 4) is 0 Å². The molecule has 0 saturated carbocycles. The van der Waals surface area contributed by atoms with Gasteiger partial charge in [0.15, 0.2) is 5.82 Å². The molecule has 2 heterocycles. The highest BCUT2D eigenvalue weighted by molar-refractivity contribution is 7.89. The number of hydrogen-bond acceptors (Lipinski definition) is 5. The first-order valence-corrected chi connectivity index (χ1v) is 7.67. The number of aryl methyl sites for hydroxylation is 1. The van der Waals surface area contributed by atoms with Crippen molar-refractivity contribution in [2.75, 3.05) is 12.4 Å². The number of nitrogens with one attached hydrogen (secondary N) is 2. The molecular weight excluding hydrogens is 256 g/mol. The summed E-state index contributed by atoms with van der Waals surface area (Å²) in [4.78, 5) is 4.03. The monoisotopic (exact) mass is 274 g/mol. The molecule has 1 aliphatic heterocycles. The SMILES string of the molecule is Cc1nc(CNS(=O)(=O)CCC2CCCO2)n[nH]1. The number of hydrogen-bond donors (Lipinski definition) is 2. The van der Waals surface area contributed by atoms with Gasteiger partial charge in [-0.05, 0) is 26.2 Å². The highest BCUT2D eigenvalue weighted by Gasteiger charge is 2.19. The number of aromatic nitrogens is 3. The summed E-state index contributed by atoms with van der Waals surface area (Å²) in [5.74, 6) is 1.21. The Hall–Kier alpha value is -0.990. The average Bonchev–Trinajstić information content (AvgIpc) is 2.95. The molecule has 0 radical (unpaired) electrons. The molecule has 1 aliphatic rings. The van der Waals surface area contributed by atoms with Crippen molar-refractivity contribution in [1.29, 1.82) is 0 Å². The fourth-order valence-corrected chi connectivity index (χ4v) is 2.94. The quantitative estimate of drug-likeness (QED) is 0.767. The van der Waals surface area contributed by atoms with Crippen molar-refractivity contribution in [3.05, 3.63) is 11.6 Å². The van der Waals surface area contributed by atoms with Crippen LogP contribution in [0.5, 0.6) is 0 Å². The lowest BCUT2D eigenvalue weighted by Gasteiger charge is -2.09. The second-order valence-corrected chi connectivity index (χ2v) is 6.33. The van der Waals surface area contributed by atoms with E-state index in [0.717, 1.165) is 19.4 Å². The van der Waals surface area contributed by atoms with E-state index in [1.165, 1.54) is 0 Å². The van der Waals surface area contributed by atoms with Crippen LogP contribution in [0.4, 0.5) is 0 Å². The Labute approximate surface area is 106 Å². The third kappa shape index (κ3) is 4.04. The maximum atomic E-state index is 11.7. The van der Waals surface area contributed by atoms with Crippen LogP contribution in [0.2, 0.25) is 0 Å². The smallest absolute Gasteiger partial charge is 0.212 e. The molecule has 1 unspecified atom stereocenters. The van der Waals surface area contributed by atoms with Gasteiger partial charge in [-0.15, -0.1) is 0 Å². The van der Waals surface area contributed by atoms with Gasteiger partial charge in [-0.25, -0.2) is 18.1 Å². The third-order valence-corrected chi connectivity index (χ3v) is 4.18. The topological polar surface area (TPSA) is 97.0 Å². The molecule has 0 spiro atoms. The minimum Gasteiger partial charge on any atom is -0.378 e. The molecule has 1 aromatic heterocycles. The van der Waals surface area contributed by atoms with E-state index in [2.05, 4.69) is 19.9 Å². The molecule has 7 nitrogen and oxygen atoms in total. The van der Waals surface area contributed by atoms with E-state index in [0.29, 0.717) is 18.1 Å². The first kappa shape index (κ1) is 13.4. The van der Waals surface area contributed by atoms with Crippen molar-refractivity contribution in [1.82, 2.24) is 19.9 Å². The van der Waals surface area contributed by atoms with Crippen LogP contribution in [-0.4, -0.2) is 42.1 Å². The summed E-state index contributed by atoms with van der Waals surface area (Å²) in [6.45, 7) is 2.63. The normalized spacial score (nSPS) is 20.4.